The summed E-state index contributed by atoms with van der Waals surface area (Å²) < 4.78 is 17.1. The number of nitrogens with zero attached hydrogens (tertiary/aromatic N) is 1. The lowest BCUT2D eigenvalue weighted by molar-refractivity contribution is -0.141. The molecule has 0 saturated carbocycles. The Balaban J connectivity index is 2.61. The fraction of sp³-hybridized carbons (Fsp3) is 0.300. The van der Waals surface area contributed by atoms with Crippen molar-refractivity contribution in [1.82, 2.24) is 4.98 Å². The molecule has 0 bridgehead atoms. The van der Waals surface area contributed by atoms with Gasteiger partial charge in [-0.3, -0.25) is 14.6 Å². The Kier molecular flexibility index (Phi) is 3.91. The van der Waals surface area contributed by atoms with E-state index in [1.807, 2.05) is 0 Å². The van der Waals surface area contributed by atoms with Crippen molar-refractivity contribution in [2.75, 3.05) is 6.61 Å². The molecule has 1 aromatic heterocycles. The molecule has 0 radical (unpaired) electrons. The summed E-state index contributed by atoms with van der Waals surface area (Å²) in [5, 5.41) is 0. The first-order valence-corrected chi connectivity index (χ1v) is 4.44. The van der Waals surface area contributed by atoms with Gasteiger partial charge in [-0.15, -0.1) is 0 Å². The Morgan fingerprint density at radius 3 is 2.73 bits per heavy atom. The van der Waals surface area contributed by atoms with Gasteiger partial charge < -0.3 is 4.74 Å². The van der Waals surface area contributed by atoms with E-state index in [9.17, 15) is 14.0 Å². The number of carbonyl (C=O) groups is 2. The average Bonchev–Trinajstić information content (AvgIpc) is 2.18. The highest BCUT2D eigenvalue weighted by Gasteiger charge is 2.13. The van der Waals surface area contributed by atoms with E-state index in [4.69, 9.17) is 0 Å². The number of carbonyl (C=O) groups excluding carboxylic acids is 2. The van der Waals surface area contributed by atoms with E-state index in [1.165, 1.54) is 6.07 Å². The van der Waals surface area contributed by atoms with Gasteiger partial charge in [0.25, 0.3) is 0 Å². The van der Waals surface area contributed by atoms with Crippen molar-refractivity contribution in [1.29, 1.82) is 0 Å². The zero-order valence-corrected chi connectivity index (χ0v) is 8.20. The monoisotopic (exact) mass is 211 g/mol. The van der Waals surface area contributed by atoms with Crippen molar-refractivity contribution in [3.05, 3.63) is 29.8 Å². The van der Waals surface area contributed by atoms with E-state index in [0.717, 1.165) is 12.3 Å². The number of rotatable bonds is 4. The van der Waals surface area contributed by atoms with Gasteiger partial charge in [-0.2, -0.15) is 0 Å². The molecular formula is C10H10FNO3. The molecule has 0 atom stereocenters. The summed E-state index contributed by atoms with van der Waals surface area (Å²) in [6.45, 7) is 1.88. The molecule has 1 heterocycles. The van der Waals surface area contributed by atoms with E-state index in [1.54, 1.807) is 6.92 Å². The highest BCUT2D eigenvalue weighted by atomic mass is 19.1. The summed E-state index contributed by atoms with van der Waals surface area (Å²) in [4.78, 5) is 25.9. The van der Waals surface area contributed by atoms with Crippen LogP contribution in [0.4, 0.5) is 4.39 Å². The maximum atomic E-state index is 12.5. The van der Waals surface area contributed by atoms with Crippen LogP contribution in [0, 0.1) is 5.82 Å². The van der Waals surface area contributed by atoms with Crippen LogP contribution >= 0.6 is 0 Å². The summed E-state index contributed by atoms with van der Waals surface area (Å²) in [5.41, 5.74) is 0.0597. The molecule has 1 aromatic rings. The molecule has 15 heavy (non-hydrogen) atoms. The van der Waals surface area contributed by atoms with Gasteiger partial charge in [0.1, 0.15) is 17.9 Å². The first kappa shape index (κ1) is 11.3. The molecule has 0 fully saturated rings. The Labute approximate surface area is 86.1 Å². The molecule has 1 rings (SSSR count). The summed E-state index contributed by atoms with van der Waals surface area (Å²) in [7, 11) is 0. The van der Waals surface area contributed by atoms with Crippen LogP contribution in [0.25, 0.3) is 0 Å². The van der Waals surface area contributed by atoms with Crippen molar-refractivity contribution >= 4 is 11.8 Å². The van der Waals surface area contributed by atoms with Crippen LogP contribution in [0.15, 0.2) is 18.3 Å². The molecule has 0 aliphatic rings. The smallest absolute Gasteiger partial charge is 0.313 e. The third kappa shape index (κ3) is 3.46. The van der Waals surface area contributed by atoms with E-state index in [-0.39, 0.29) is 18.7 Å². The van der Waals surface area contributed by atoms with Gasteiger partial charge in [-0.25, -0.2) is 4.39 Å². The first-order chi connectivity index (χ1) is 7.13. The predicted octanol–water partition coefficient (Wildman–Crippen LogP) is 1.36. The number of hydrogen-bond donors (Lipinski definition) is 0. The van der Waals surface area contributed by atoms with Crippen LogP contribution < -0.4 is 0 Å². The quantitative estimate of drug-likeness (QED) is 0.428. The highest BCUT2D eigenvalue weighted by Crippen LogP contribution is 2.02. The van der Waals surface area contributed by atoms with Gasteiger partial charge in [0.05, 0.1) is 12.8 Å². The minimum atomic E-state index is -0.603. The Bertz CT molecular complexity index is 361. The lowest BCUT2D eigenvalue weighted by Gasteiger charge is -2.00. The molecule has 4 nitrogen and oxygen atoms in total. The number of aromatic nitrogens is 1. The van der Waals surface area contributed by atoms with Crippen LogP contribution in [-0.4, -0.2) is 23.3 Å². The molecule has 80 valence electrons. The van der Waals surface area contributed by atoms with E-state index < -0.39 is 17.6 Å². The maximum absolute atomic E-state index is 12.5. The van der Waals surface area contributed by atoms with Gasteiger partial charge in [0.15, 0.2) is 5.78 Å². The molecule has 0 unspecified atom stereocenters. The third-order valence-corrected chi connectivity index (χ3v) is 1.62. The fourth-order valence-electron chi connectivity index (χ4n) is 0.974. The van der Waals surface area contributed by atoms with Gasteiger partial charge in [-0.05, 0) is 19.1 Å². The average molecular weight is 211 g/mol. The Hall–Kier alpha value is -1.78. The van der Waals surface area contributed by atoms with Crippen LogP contribution in [0.1, 0.15) is 23.8 Å². The number of pyridine rings is 1. The minimum absolute atomic E-state index is 0.0597. The standard InChI is InChI=1S/C10H10FNO3/c1-2-15-10(14)5-9(13)8-4-3-7(11)6-12-8/h3-4,6H,2,5H2,1H3. The van der Waals surface area contributed by atoms with Crippen molar-refractivity contribution in [2.45, 2.75) is 13.3 Å². The molecule has 0 aliphatic carbocycles. The topological polar surface area (TPSA) is 56.3 Å². The molecule has 0 saturated heterocycles. The normalized spacial score (nSPS) is 9.73. The van der Waals surface area contributed by atoms with Crippen LogP contribution in [0.2, 0.25) is 0 Å². The van der Waals surface area contributed by atoms with Crippen molar-refractivity contribution < 1.29 is 18.7 Å². The van der Waals surface area contributed by atoms with Gasteiger partial charge in [0.2, 0.25) is 0 Å². The van der Waals surface area contributed by atoms with Gasteiger partial charge in [0, 0.05) is 0 Å². The number of halogens is 1. The van der Waals surface area contributed by atoms with Gasteiger partial charge in [-0.1, -0.05) is 0 Å². The predicted molar refractivity (Wildman–Crippen MR) is 49.8 cm³/mol. The van der Waals surface area contributed by atoms with Crippen LogP contribution in [0.5, 0.6) is 0 Å². The maximum Gasteiger partial charge on any atom is 0.313 e. The number of ketones is 1. The fourth-order valence-corrected chi connectivity index (χ4v) is 0.974. The summed E-state index contributed by atoms with van der Waals surface area (Å²) in [6.07, 6.45) is 0.560. The van der Waals surface area contributed by atoms with Gasteiger partial charge >= 0.3 is 5.97 Å². The molecule has 0 spiro atoms. The number of hydrogen-bond acceptors (Lipinski definition) is 4. The molecular weight excluding hydrogens is 201 g/mol. The SMILES string of the molecule is CCOC(=O)CC(=O)c1ccc(F)cn1. The lowest BCUT2D eigenvalue weighted by atomic mass is 10.2. The minimum Gasteiger partial charge on any atom is -0.466 e. The zero-order chi connectivity index (χ0) is 11.3. The second-order valence-corrected chi connectivity index (χ2v) is 2.77. The summed E-state index contributed by atoms with van der Waals surface area (Å²) >= 11 is 0. The van der Waals surface area contributed by atoms with Crippen molar-refractivity contribution in [3.8, 4) is 0 Å². The Morgan fingerprint density at radius 2 is 2.20 bits per heavy atom. The number of esters is 1. The van der Waals surface area contributed by atoms with Crippen LogP contribution in [-0.2, 0) is 9.53 Å². The molecule has 0 N–H and O–H groups in total. The second kappa shape index (κ2) is 5.19. The molecule has 0 amide bonds. The molecule has 5 heteroatoms. The van der Waals surface area contributed by atoms with E-state index in [0.29, 0.717) is 0 Å². The third-order valence-electron chi connectivity index (χ3n) is 1.62. The molecule has 0 aromatic carbocycles. The largest absolute Gasteiger partial charge is 0.466 e. The highest BCUT2D eigenvalue weighted by molar-refractivity contribution is 6.04. The second-order valence-electron chi connectivity index (χ2n) is 2.77. The number of ether oxygens (including phenoxy) is 1. The van der Waals surface area contributed by atoms with E-state index >= 15 is 0 Å². The summed E-state index contributed by atoms with van der Waals surface area (Å²) in [6, 6.07) is 2.35. The summed E-state index contributed by atoms with van der Waals surface area (Å²) in [5.74, 6) is -1.61. The lowest BCUT2D eigenvalue weighted by Crippen LogP contribution is -2.12. The number of Topliss-reactive ketones (excluding diaryl/α,β-unsaturated/α-hetero) is 1. The van der Waals surface area contributed by atoms with E-state index in [2.05, 4.69) is 9.72 Å². The zero-order valence-electron chi connectivity index (χ0n) is 8.20. The van der Waals surface area contributed by atoms with Crippen LogP contribution in [0.3, 0.4) is 0 Å². The molecule has 0 aliphatic heterocycles. The Morgan fingerprint density at radius 1 is 1.47 bits per heavy atom. The van der Waals surface area contributed by atoms with Crippen molar-refractivity contribution in [3.63, 3.8) is 0 Å². The van der Waals surface area contributed by atoms with Crippen molar-refractivity contribution in [2.24, 2.45) is 0 Å². The first-order valence-electron chi connectivity index (χ1n) is 4.44.